The molecule has 17 heavy (non-hydrogen) atoms. The first-order valence-corrected chi connectivity index (χ1v) is 6.64. The minimum atomic E-state index is -0.329. The lowest BCUT2D eigenvalue weighted by atomic mass is 10.1. The SMILES string of the molecule is CC1CC(CN)CN1Cc1csc([N+](=O)[O-])c1. The zero-order valence-corrected chi connectivity index (χ0v) is 10.7. The molecule has 0 aliphatic carbocycles. The maximum atomic E-state index is 10.6. The summed E-state index contributed by atoms with van der Waals surface area (Å²) in [5, 5.41) is 12.7. The first kappa shape index (κ1) is 12.5. The lowest BCUT2D eigenvalue weighted by Gasteiger charge is -2.19. The Kier molecular flexibility index (Phi) is 3.76. The number of nitro groups is 1. The Labute approximate surface area is 104 Å². The summed E-state index contributed by atoms with van der Waals surface area (Å²) >= 11 is 1.20. The van der Waals surface area contributed by atoms with Gasteiger partial charge < -0.3 is 5.73 Å². The Morgan fingerprint density at radius 1 is 1.71 bits per heavy atom. The third-order valence-corrected chi connectivity index (χ3v) is 4.26. The fourth-order valence-electron chi connectivity index (χ4n) is 2.38. The quantitative estimate of drug-likeness (QED) is 0.658. The summed E-state index contributed by atoms with van der Waals surface area (Å²) in [7, 11) is 0. The number of nitrogens with two attached hydrogens (primary N) is 1. The van der Waals surface area contributed by atoms with Gasteiger partial charge in [0.2, 0.25) is 0 Å². The van der Waals surface area contributed by atoms with Crippen LogP contribution in [0, 0.1) is 16.0 Å². The molecule has 0 bridgehead atoms. The second-order valence-corrected chi connectivity index (χ2v) is 5.56. The smallest absolute Gasteiger partial charge is 0.324 e. The zero-order valence-electron chi connectivity index (χ0n) is 9.83. The van der Waals surface area contributed by atoms with E-state index in [0.29, 0.717) is 12.0 Å². The van der Waals surface area contributed by atoms with Gasteiger partial charge >= 0.3 is 5.00 Å². The topological polar surface area (TPSA) is 72.4 Å². The Morgan fingerprint density at radius 3 is 3.00 bits per heavy atom. The predicted molar refractivity (Wildman–Crippen MR) is 68.0 cm³/mol. The molecule has 1 aliphatic rings. The molecule has 6 heteroatoms. The minimum absolute atomic E-state index is 0.224. The minimum Gasteiger partial charge on any atom is -0.330 e. The number of nitrogens with zero attached hydrogens (tertiary/aromatic N) is 2. The molecule has 0 aromatic carbocycles. The van der Waals surface area contributed by atoms with Crippen molar-refractivity contribution in [2.75, 3.05) is 13.1 Å². The summed E-state index contributed by atoms with van der Waals surface area (Å²) in [5.74, 6) is 0.568. The molecule has 1 aromatic rings. The molecule has 1 aliphatic heterocycles. The molecule has 2 rings (SSSR count). The average Bonchev–Trinajstić information content (AvgIpc) is 2.87. The van der Waals surface area contributed by atoms with E-state index in [1.54, 1.807) is 6.07 Å². The van der Waals surface area contributed by atoms with Crippen LogP contribution in [0.25, 0.3) is 0 Å². The van der Waals surface area contributed by atoms with Gasteiger partial charge in [0.25, 0.3) is 0 Å². The fourth-order valence-corrected chi connectivity index (χ4v) is 3.10. The van der Waals surface area contributed by atoms with E-state index in [0.717, 1.165) is 31.6 Å². The molecule has 2 N–H and O–H groups in total. The summed E-state index contributed by atoms with van der Waals surface area (Å²) in [6.07, 6.45) is 1.13. The third kappa shape index (κ3) is 2.83. The normalized spacial score (nSPS) is 25.3. The van der Waals surface area contributed by atoms with Gasteiger partial charge in [0, 0.05) is 30.6 Å². The van der Waals surface area contributed by atoms with Gasteiger partial charge in [0.05, 0.1) is 4.92 Å². The van der Waals surface area contributed by atoms with Crippen LogP contribution >= 0.6 is 11.3 Å². The second-order valence-electron chi connectivity index (χ2n) is 4.67. The Hall–Kier alpha value is -0.980. The van der Waals surface area contributed by atoms with Crippen LogP contribution in [0.2, 0.25) is 0 Å². The van der Waals surface area contributed by atoms with E-state index in [9.17, 15) is 10.1 Å². The molecule has 0 saturated carbocycles. The van der Waals surface area contributed by atoms with Gasteiger partial charge in [-0.2, -0.15) is 0 Å². The van der Waals surface area contributed by atoms with Crippen molar-refractivity contribution in [3.63, 3.8) is 0 Å². The third-order valence-electron chi connectivity index (χ3n) is 3.33. The van der Waals surface area contributed by atoms with Crippen LogP contribution in [-0.2, 0) is 6.54 Å². The molecule has 5 nitrogen and oxygen atoms in total. The Bertz CT molecular complexity index is 407. The lowest BCUT2D eigenvalue weighted by Crippen LogP contribution is -2.27. The molecule has 1 saturated heterocycles. The van der Waals surface area contributed by atoms with E-state index in [1.807, 2.05) is 5.38 Å². The van der Waals surface area contributed by atoms with Gasteiger partial charge in [-0.1, -0.05) is 11.3 Å². The molecule has 1 fully saturated rings. The molecule has 2 atom stereocenters. The van der Waals surface area contributed by atoms with E-state index in [-0.39, 0.29) is 9.92 Å². The van der Waals surface area contributed by atoms with Crippen molar-refractivity contribution in [2.24, 2.45) is 11.7 Å². The van der Waals surface area contributed by atoms with Crippen LogP contribution in [0.15, 0.2) is 11.4 Å². The van der Waals surface area contributed by atoms with Crippen molar-refractivity contribution in [2.45, 2.75) is 25.9 Å². The van der Waals surface area contributed by atoms with E-state index in [2.05, 4.69) is 11.8 Å². The van der Waals surface area contributed by atoms with Gasteiger partial charge in [-0.15, -0.1) is 0 Å². The molecule has 2 heterocycles. The highest BCUT2D eigenvalue weighted by Gasteiger charge is 2.28. The summed E-state index contributed by atoms with van der Waals surface area (Å²) in [4.78, 5) is 12.6. The predicted octanol–water partition coefficient (Wildman–Crippen LogP) is 1.83. The van der Waals surface area contributed by atoms with Crippen LogP contribution < -0.4 is 5.73 Å². The Balaban J connectivity index is 1.98. The first-order chi connectivity index (χ1) is 8.10. The van der Waals surface area contributed by atoms with Crippen molar-refractivity contribution < 1.29 is 4.92 Å². The molecule has 0 spiro atoms. The second kappa shape index (κ2) is 5.12. The molecule has 0 amide bonds. The molecule has 1 aromatic heterocycles. The molecular weight excluding hydrogens is 238 g/mol. The lowest BCUT2D eigenvalue weighted by molar-refractivity contribution is -0.380. The van der Waals surface area contributed by atoms with Gasteiger partial charge in [-0.3, -0.25) is 15.0 Å². The van der Waals surface area contributed by atoms with Crippen molar-refractivity contribution >= 4 is 16.3 Å². The van der Waals surface area contributed by atoms with Crippen molar-refractivity contribution in [3.8, 4) is 0 Å². The summed E-state index contributed by atoms with van der Waals surface area (Å²) in [5.41, 5.74) is 6.72. The van der Waals surface area contributed by atoms with Crippen LogP contribution in [-0.4, -0.2) is 29.0 Å². The van der Waals surface area contributed by atoms with E-state index < -0.39 is 0 Å². The van der Waals surface area contributed by atoms with Crippen LogP contribution in [0.3, 0.4) is 0 Å². The number of thiophene rings is 1. The highest BCUT2D eigenvalue weighted by Crippen LogP contribution is 2.28. The maximum Gasteiger partial charge on any atom is 0.324 e. The Morgan fingerprint density at radius 2 is 2.47 bits per heavy atom. The van der Waals surface area contributed by atoms with E-state index in [4.69, 9.17) is 5.73 Å². The van der Waals surface area contributed by atoms with Crippen molar-refractivity contribution in [1.29, 1.82) is 0 Å². The zero-order chi connectivity index (χ0) is 12.4. The molecule has 2 unspecified atom stereocenters. The molecule has 0 radical (unpaired) electrons. The molecule has 94 valence electrons. The van der Waals surface area contributed by atoms with Crippen LogP contribution in [0.1, 0.15) is 18.9 Å². The summed E-state index contributed by atoms with van der Waals surface area (Å²) in [6, 6.07) is 2.19. The molecular formula is C11H17N3O2S. The van der Waals surface area contributed by atoms with Crippen LogP contribution in [0.5, 0.6) is 0 Å². The van der Waals surface area contributed by atoms with E-state index in [1.165, 1.54) is 11.3 Å². The summed E-state index contributed by atoms with van der Waals surface area (Å²) < 4.78 is 0. The van der Waals surface area contributed by atoms with Gasteiger partial charge in [-0.05, 0) is 31.4 Å². The number of rotatable bonds is 4. The number of hydrogen-bond acceptors (Lipinski definition) is 5. The standard InChI is InChI=1S/C11H17N3O2S/c1-8-2-9(4-12)5-13(8)6-10-3-11(14(15)16)17-7-10/h3,7-9H,2,4-6,12H2,1H3. The van der Waals surface area contributed by atoms with E-state index >= 15 is 0 Å². The monoisotopic (exact) mass is 255 g/mol. The number of likely N-dealkylation sites (tertiary alicyclic amines) is 1. The highest BCUT2D eigenvalue weighted by molar-refractivity contribution is 7.13. The fraction of sp³-hybridized carbons (Fsp3) is 0.636. The van der Waals surface area contributed by atoms with Gasteiger partial charge in [0.15, 0.2) is 0 Å². The maximum absolute atomic E-state index is 10.6. The summed E-state index contributed by atoms with van der Waals surface area (Å²) in [6.45, 7) is 4.71. The van der Waals surface area contributed by atoms with Crippen molar-refractivity contribution in [1.82, 2.24) is 4.90 Å². The number of hydrogen-bond donors (Lipinski definition) is 1. The first-order valence-electron chi connectivity index (χ1n) is 5.76. The van der Waals surface area contributed by atoms with Gasteiger partial charge in [0.1, 0.15) is 0 Å². The van der Waals surface area contributed by atoms with Gasteiger partial charge in [-0.25, -0.2) is 0 Å². The largest absolute Gasteiger partial charge is 0.330 e. The van der Waals surface area contributed by atoms with Crippen LogP contribution in [0.4, 0.5) is 5.00 Å². The average molecular weight is 255 g/mol. The highest BCUT2D eigenvalue weighted by atomic mass is 32.1. The van der Waals surface area contributed by atoms with Crippen molar-refractivity contribution in [3.05, 3.63) is 27.1 Å².